The van der Waals surface area contributed by atoms with Crippen LogP contribution in [0.3, 0.4) is 0 Å². The summed E-state index contributed by atoms with van der Waals surface area (Å²) in [5.74, 6) is -0.926. The van der Waals surface area contributed by atoms with Crippen molar-refractivity contribution in [2.24, 2.45) is 0 Å². The van der Waals surface area contributed by atoms with Crippen molar-refractivity contribution in [1.29, 1.82) is 0 Å². The molecule has 0 atom stereocenters. The molecule has 2 rings (SSSR count). The first-order valence-corrected chi connectivity index (χ1v) is 6.22. The molecule has 0 spiro atoms. The van der Waals surface area contributed by atoms with E-state index in [0.717, 1.165) is 0 Å². The number of carbonyl (C=O) groups excluding carboxylic acids is 1. The standard InChI is InChI=1S/C12H13BrFNO2/c1-2-12(17)6-15(7-12)11(16)10-8(13)4-3-5-9(10)14/h3-5,17H,2,6-7H2,1H3. The predicted molar refractivity (Wildman–Crippen MR) is 65.2 cm³/mol. The average Bonchev–Trinajstić information content (AvgIpc) is 2.24. The minimum atomic E-state index is -0.798. The van der Waals surface area contributed by atoms with E-state index in [2.05, 4.69) is 15.9 Å². The number of carbonyl (C=O) groups is 1. The van der Waals surface area contributed by atoms with Gasteiger partial charge in [-0.15, -0.1) is 0 Å². The van der Waals surface area contributed by atoms with E-state index < -0.39 is 11.4 Å². The van der Waals surface area contributed by atoms with Crippen LogP contribution in [0.2, 0.25) is 0 Å². The van der Waals surface area contributed by atoms with Crippen molar-refractivity contribution in [3.8, 4) is 0 Å². The van der Waals surface area contributed by atoms with Gasteiger partial charge in [0.1, 0.15) is 5.82 Å². The molecular formula is C12H13BrFNO2. The van der Waals surface area contributed by atoms with Crippen LogP contribution < -0.4 is 0 Å². The molecule has 5 heteroatoms. The lowest BCUT2D eigenvalue weighted by Crippen LogP contribution is -2.63. The summed E-state index contributed by atoms with van der Waals surface area (Å²) < 4.78 is 14.0. The summed E-state index contributed by atoms with van der Waals surface area (Å²) in [6, 6.07) is 4.42. The average molecular weight is 302 g/mol. The summed E-state index contributed by atoms with van der Waals surface area (Å²) in [4.78, 5) is 13.5. The molecule has 17 heavy (non-hydrogen) atoms. The fourth-order valence-electron chi connectivity index (χ4n) is 1.89. The number of nitrogens with zero attached hydrogens (tertiary/aromatic N) is 1. The third-order valence-electron chi connectivity index (χ3n) is 3.09. The van der Waals surface area contributed by atoms with E-state index in [4.69, 9.17) is 0 Å². The number of benzene rings is 1. The predicted octanol–water partition coefficient (Wildman–Crippen LogP) is 2.19. The van der Waals surface area contributed by atoms with Crippen LogP contribution in [-0.4, -0.2) is 34.6 Å². The van der Waals surface area contributed by atoms with E-state index in [1.165, 1.54) is 17.0 Å². The van der Waals surface area contributed by atoms with Crippen LogP contribution in [0.25, 0.3) is 0 Å². The number of β-amino-alcohol motifs (C(OH)–C–C–N with tert-alkyl or cyclic N) is 1. The monoisotopic (exact) mass is 301 g/mol. The molecule has 1 aliphatic rings. The Hall–Kier alpha value is -0.940. The Morgan fingerprint density at radius 2 is 2.24 bits per heavy atom. The zero-order valence-corrected chi connectivity index (χ0v) is 11.0. The molecule has 1 heterocycles. The summed E-state index contributed by atoms with van der Waals surface area (Å²) in [6.45, 7) is 2.40. The minimum Gasteiger partial charge on any atom is -0.386 e. The van der Waals surface area contributed by atoms with Gasteiger partial charge in [-0.05, 0) is 34.5 Å². The van der Waals surface area contributed by atoms with E-state index in [1.54, 1.807) is 6.07 Å². The second-order valence-electron chi connectivity index (χ2n) is 4.34. The highest BCUT2D eigenvalue weighted by Gasteiger charge is 2.43. The topological polar surface area (TPSA) is 40.5 Å². The quantitative estimate of drug-likeness (QED) is 0.910. The van der Waals surface area contributed by atoms with E-state index in [1.807, 2.05) is 6.92 Å². The van der Waals surface area contributed by atoms with Crippen LogP contribution in [0.5, 0.6) is 0 Å². The Labute approximate surface area is 107 Å². The van der Waals surface area contributed by atoms with Gasteiger partial charge in [-0.2, -0.15) is 0 Å². The van der Waals surface area contributed by atoms with Crippen LogP contribution in [0.4, 0.5) is 4.39 Å². The van der Waals surface area contributed by atoms with Crippen molar-refractivity contribution in [1.82, 2.24) is 4.90 Å². The van der Waals surface area contributed by atoms with Gasteiger partial charge < -0.3 is 10.0 Å². The molecule has 1 aromatic carbocycles. The molecule has 92 valence electrons. The number of aliphatic hydroxyl groups is 1. The lowest BCUT2D eigenvalue weighted by molar-refractivity contribution is -0.0828. The molecule has 0 radical (unpaired) electrons. The summed E-state index contributed by atoms with van der Waals surface area (Å²) in [5.41, 5.74) is -0.765. The van der Waals surface area contributed by atoms with Crippen molar-refractivity contribution >= 4 is 21.8 Å². The first-order valence-electron chi connectivity index (χ1n) is 5.42. The maximum Gasteiger partial charge on any atom is 0.258 e. The number of likely N-dealkylation sites (tertiary alicyclic amines) is 1. The van der Waals surface area contributed by atoms with Gasteiger partial charge in [-0.3, -0.25) is 4.79 Å². The van der Waals surface area contributed by atoms with Gasteiger partial charge in [0.25, 0.3) is 5.91 Å². The number of hydrogen-bond donors (Lipinski definition) is 1. The number of halogens is 2. The molecular weight excluding hydrogens is 289 g/mol. The molecule has 3 nitrogen and oxygen atoms in total. The molecule has 1 amide bonds. The molecule has 1 N–H and O–H groups in total. The fraction of sp³-hybridized carbons (Fsp3) is 0.417. The number of hydrogen-bond acceptors (Lipinski definition) is 2. The molecule has 0 saturated carbocycles. The van der Waals surface area contributed by atoms with Gasteiger partial charge >= 0.3 is 0 Å². The van der Waals surface area contributed by atoms with Gasteiger partial charge in [-0.1, -0.05) is 13.0 Å². The summed E-state index contributed by atoms with van der Waals surface area (Å²) in [5, 5.41) is 9.82. The maximum atomic E-state index is 13.6. The highest BCUT2D eigenvalue weighted by molar-refractivity contribution is 9.10. The van der Waals surface area contributed by atoms with Gasteiger partial charge in [0.2, 0.25) is 0 Å². The molecule has 1 aromatic rings. The maximum absolute atomic E-state index is 13.6. The van der Waals surface area contributed by atoms with Gasteiger partial charge in [0, 0.05) is 4.47 Å². The first kappa shape index (κ1) is 12.5. The highest BCUT2D eigenvalue weighted by Crippen LogP contribution is 2.28. The Bertz CT molecular complexity index is 438. The lowest BCUT2D eigenvalue weighted by Gasteiger charge is -2.46. The first-order chi connectivity index (χ1) is 7.97. The number of rotatable bonds is 2. The van der Waals surface area contributed by atoms with Crippen LogP contribution in [0.15, 0.2) is 22.7 Å². The Morgan fingerprint density at radius 1 is 1.59 bits per heavy atom. The van der Waals surface area contributed by atoms with E-state index in [0.29, 0.717) is 10.9 Å². The van der Waals surface area contributed by atoms with E-state index in [-0.39, 0.29) is 24.6 Å². The minimum absolute atomic E-state index is 0.0330. The molecule has 1 saturated heterocycles. The second-order valence-corrected chi connectivity index (χ2v) is 5.19. The fourth-order valence-corrected chi connectivity index (χ4v) is 2.40. The highest BCUT2D eigenvalue weighted by atomic mass is 79.9. The number of amides is 1. The van der Waals surface area contributed by atoms with Crippen LogP contribution in [-0.2, 0) is 0 Å². The van der Waals surface area contributed by atoms with E-state index in [9.17, 15) is 14.3 Å². The molecule has 0 bridgehead atoms. The Balaban J connectivity index is 2.17. The summed E-state index contributed by atoms with van der Waals surface area (Å²) >= 11 is 3.16. The van der Waals surface area contributed by atoms with Crippen LogP contribution in [0, 0.1) is 5.82 Å². The smallest absolute Gasteiger partial charge is 0.258 e. The normalized spacial score (nSPS) is 17.8. The summed E-state index contributed by atoms with van der Waals surface area (Å²) in [6.07, 6.45) is 0.592. The van der Waals surface area contributed by atoms with Crippen molar-refractivity contribution < 1.29 is 14.3 Å². The van der Waals surface area contributed by atoms with Crippen molar-refractivity contribution in [3.05, 3.63) is 34.1 Å². The van der Waals surface area contributed by atoms with Crippen molar-refractivity contribution in [2.75, 3.05) is 13.1 Å². The second kappa shape index (κ2) is 4.38. The Kier molecular flexibility index (Phi) is 3.23. The largest absolute Gasteiger partial charge is 0.386 e. The van der Waals surface area contributed by atoms with Gasteiger partial charge in [-0.25, -0.2) is 4.39 Å². The van der Waals surface area contributed by atoms with Crippen molar-refractivity contribution in [2.45, 2.75) is 18.9 Å². The molecule has 0 aromatic heterocycles. The van der Waals surface area contributed by atoms with Crippen molar-refractivity contribution in [3.63, 3.8) is 0 Å². The van der Waals surface area contributed by atoms with Gasteiger partial charge in [0.15, 0.2) is 0 Å². The molecule has 1 fully saturated rings. The van der Waals surface area contributed by atoms with E-state index >= 15 is 0 Å². The van der Waals surface area contributed by atoms with Crippen LogP contribution >= 0.6 is 15.9 Å². The SMILES string of the molecule is CCC1(O)CN(C(=O)c2c(F)cccc2Br)C1. The Morgan fingerprint density at radius 3 is 2.76 bits per heavy atom. The van der Waals surface area contributed by atoms with Gasteiger partial charge in [0.05, 0.1) is 24.3 Å². The third kappa shape index (κ3) is 2.21. The molecule has 0 unspecified atom stereocenters. The molecule has 0 aliphatic carbocycles. The zero-order valence-electron chi connectivity index (χ0n) is 9.41. The lowest BCUT2D eigenvalue weighted by atomic mass is 9.90. The third-order valence-corrected chi connectivity index (χ3v) is 3.75. The summed E-state index contributed by atoms with van der Waals surface area (Å²) in [7, 11) is 0. The zero-order chi connectivity index (χ0) is 12.6. The molecule has 1 aliphatic heterocycles. The van der Waals surface area contributed by atoms with Crippen LogP contribution in [0.1, 0.15) is 23.7 Å².